The minimum atomic E-state index is -0.0239. The van der Waals surface area contributed by atoms with E-state index >= 15 is 0 Å². The van der Waals surface area contributed by atoms with Crippen LogP contribution in [-0.2, 0) is 11.3 Å². The number of rotatable bonds is 3. The number of aryl methyl sites for hydroxylation is 2. The number of piperidine rings is 1. The Morgan fingerprint density at radius 3 is 2.83 bits per heavy atom. The molecule has 1 aliphatic rings. The predicted molar refractivity (Wildman–Crippen MR) is 68.1 cm³/mol. The Labute approximate surface area is 108 Å². The summed E-state index contributed by atoms with van der Waals surface area (Å²) in [7, 11) is 1.84. The summed E-state index contributed by atoms with van der Waals surface area (Å²) in [6.45, 7) is 5.29. The van der Waals surface area contributed by atoms with Crippen LogP contribution in [0.3, 0.4) is 0 Å². The van der Waals surface area contributed by atoms with Crippen LogP contribution in [-0.4, -0.2) is 35.6 Å². The van der Waals surface area contributed by atoms with Gasteiger partial charge in [-0.05, 0) is 33.2 Å². The second-order valence-electron chi connectivity index (χ2n) is 5.00. The Balaban J connectivity index is 1.98. The molecule has 0 aromatic carbocycles. The molecule has 1 aromatic rings. The van der Waals surface area contributed by atoms with Gasteiger partial charge in [-0.1, -0.05) is 11.6 Å². The molecular formula is C13H21N3O2. The van der Waals surface area contributed by atoms with Crippen LogP contribution in [0.1, 0.15) is 36.3 Å². The molecule has 2 heterocycles. The van der Waals surface area contributed by atoms with Gasteiger partial charge in [-0.25, -0.2) is 0 Å². The van der Waals surface area contributed by atoms with Crippen LogP contribution < -0.4 is 5.32 Å². The van der Waals surface area contributed by atoms with Crippen molar-refractivity contribution in [3.63, 3.8) is 0 Å². The highest BCUT2D eigenvalue weighted by Gasteiger charge is 2.24. The van der Waals surface area contributed by atoms with E-state index in [1.54, 1.807) is 4.90 Å². The molecule has 0 saturated carbocycles. The molecule has 1 fully saturated rings. The summed E-state index contributed by atoms with van der Waals surface area (Å²) < 4.78 is 5.12. The molecule has 1 saturated heterocycles. The molecule has 18 heavy (non-hydrogen) atoms. The molecule has 0 aliphatic carbocycles. The number of amides is 1. The highest BCUT2D eigenvalue weighted by atomic mass is 16.5. The van der Waals surface area contributed by atoms with Crippen LogP contribution in [0.25, 0.3) is 0 Å². The van der Waals surface area contributed by atoms with Crippen LogP contribution in [0.5, 0.6) is 0 Å². The third-order valence-corrected chi connectivity index (χ3v) is 3.56. The minimum Gasteiger partial charge on any atom is -0.361 e. The first-order valence-electron chi connectivity index (χ1n) is 6.49. The first-order valence-corrected chi connectivity index (χ1v) is 6.49. The van der Waals surface area contributed by atoms with Gasteiger partial charge in [0, 0.05) is 12.6 Å². The molecule has 1 amide bonds. The van der Waals surface area contributed by atoms with E-state index < -0.39 is 0 Å². The lowest BCUT2D eigenvalue weighted by Crippen LogP contribution is -2.47. The summed E-state index contributed by atoms with van der Waals surface area (Å²) in [5.41, 5.74) is 1.88. The molecule has 5 nitrogen and oxygen atoms in total. The number of aromatic nitrogens is 1. The van der Waals surface area contributed by atoms with Crippen LogP contribution in [0.2, 0.25) is 0 Å². The molecule has 1 atom stereocenters. The van der Waals surface area contributed by atoms with E-state index in [0.717, 1.165) is 42.8 Å². The molecule has 0 radical (unpaired) electrons. The zero-order valence-electron chi connectivity index (χ0n) is 11.3. The second-order valence-corrected chi connectivity index (χ2v) is 5.00. The van der Waals surface area contributed by atoms with Crippen molar-refractivity contribution in [2.45, 2.75) is 45.7 Å². The zero-order valence-corrected chi connectivity index (χ0v) is 11.3. The van der Waals surface area contributed by atoms with Gasteiger partial charge in [-0.2, -0.15) is 0 Å². The fourth-order valence-electron chi connectivity index (χ4n) is 2.37. The average Bonchev–Trinajstić information content (AvgIpc) is 2.70. The number of nitrogens with zero attached hydrogens (tertiary/aromatic N) is 2. The van der Waals surface area contributed by atoms with Crippen molar-refractivity contribution >= 4 is 5.91 Å². The van der Waals surface area contributed by atoms with Crippen molar-refractivity contribution in [2.75, 3.05) is 13.6 Å². The van der Waals surface area contributed by atoms with Crippen molar-refractivity contribution in [3.05, 3.63) is 17.0 Å². The Morgan fingerprint density at radius 2 is 2.28 bits per heavy atom. The van der Waals surface area contributed by atoms with Crippen molar-refractivity contribution in [1.29, 1.82) is 0 Å². The Hall–Kier alpha value is -1.36. The fraction of sp³-hybridized carbons (Fsp3) is 0.692. The predicted octanol–water partition coefficient (Wildman–Crippen LogP) is 1.39. The maximum atomic E-state index is 12.3. The molecule has 100 valence electrons. The molecule has 1 N–H and O–H groups in total. The van der Waals surface area contributed by atoms with Crippen LogP contribution in [0, 0.1) is 13.8 Å². The van der Waals surface area contributed by atoms with Gasteiger partial charge >= 0.3 is 0 Å². The van der Waals surface area contributed by atoms with Gasteiger partial charge in [0.15, 0.2) is 0 Å². The Bertz CT molecular complexity index is 402. The molecule has 1 aliphatic heterocycles. The number of carbonyl (C=O) groups excluding carboxylic acids is 1. The van der Waals surface area contributed by atoms with Crippen molar-refractivity contribution in [2.24, 2.45) is 0 Å². The summed E-state index contributed by atoms with van der Waals surface area (Å²) in [6, 6.07) is -0.0239. The molecule has 0 bridgehead atoms. The molecule has 1 unspecified atom stereocenters. The van der Waals surface area contributed by atoms with E-state index in [2.05, 4.69) is 10.5 Å². The maximum Gasteiger partial charge on any atom is 0.239 e. The number of hydrogen-bond acceptors (Lipinski definition) is 4. The third kappa shape index (κ3) is 2.72. The smallest absolute Gasteiger partial charge is 0.239 e. The quantitative estimate of drug-likeness (QED) is 0.882. The van der Waals surface area contributed by atoms with Gasteiger partial charge in [0.1, 0.15) is 5.76 Å². The zero-order chi connectivity index (χ0) is 13.1. The molecule has 0 spiro atoms. The average molecular weight is 251 g/mol. The van der Waals surface area contributed by atoms with Gasteiger partial charge in [0.2, 0.25) is 5.91 Å². The molecule has 5 heteroatoms. The lowest BCUT2D eigenvalue weighted by Gasteiger charge is -2.27. The SMILES string of the molecule is Cc1noc(C)c1CN(C)C(=O)C1CCCCN1. The molecule has 2 rings (SSSR count). The van der Waals surface area contributed by atoms with Gasteiger partial charge in [-0.3, -0.25) is 4.79 Å². The van der Waals surface area contributed by atoms with Gasteiger partial charge in [0.25, 0.3) is 0 Å². The van der Waals surface area contributed by atoms with E-state index in [0.29, 0.717) is 6.54 Å². The Kier molecular flexibility index (Phi) is 4.01. The summed E-state index contributed by atoms with van der Waals surface area (Å²) in [5.74, 6) is 0.957. The Morgan fingerprint density at radius 1 is 1.50 bits per heavy atom. The minimum absolute atomic E-state index is 0.0239. The first kappa shape index (κ1) is 13.1. The van der Waals surface area contributed by atoms with E-state index in [4.69, 9.17) is 4.52 Å². The highest BCUT2D eigenvalue weighted by molar-refractivity contribution is 5.81. The van der Waals surface area contributed by atoms with Gasteiger partial charge in [0.05, 0.1) is 18.3 Å². The van der Waals surface area contributed by atoms with Crippen LogP contribution in [0.15, 0.2) is 4.52 Å². The number of carbonyl (C=O) groups is 1. The number of likely N-dealkylation sites (N-methyl/N-ethyl adjacent to an activating group) is 1. The first-order chi connectivity index (χ1) is 8.59. The van der Waals surface area contributed by atoms with Gasteiger partial charge < -0.3 is 14.7 Å². The van der Waals surface area contributed by atoms with Crippen molar-refractivity contribution in [1.82, 2.24) is 15.4 Å². The van der Waals surface area contributed by atoms with Crippen LogP contribution in [0.4, 0.5) is 0 Å². The molecule has 1 aromatic heterocycles. The van der Waals surface area contributed by atoms with Crippen LogP contribution >= 0.6 is 0 Å². The number of nitrogens with one attached hydrogen (secondary N) is 1. The van der Waals surface area contributed by atoms with Crippen molar-refractivity contribution < 1.29 is 9.32 Å². The number of hydrogen-bond donors (Lipinski definition) is 1. The lowest BCUT2D eigenvalue weighted by molar-refractivity contribution is -0.133. The lowest BCUT2D eigenvalue weighted by atomic mass is 10.0. The summed E-state index contributed by atoms with van der Waals surface area (Å²) in [6.07, 6.45) is 3.23. The monoisotopic (exact) mass is 251 g/mol. The largest absolute Gasteiger partial charge is 0.361 e. The molecular weight excluding hydrogens is 230 g/mol. The normalized spacial score (nSPS) is 19.8. The van der Waals surface area contributed by atoms with E-state index in [9.17, 15) is 4.79 Å². The van der Waals surface area contributed by atoms with E-state index in [-0.39, 0.29) is 11.9 Å². The topological polar surface area (TPSA) is 58.4 Å². The highest BCUT2D eigenvalue weighted by Crippen LogP contribution is 2.16. The fourth-order valence-corrected chi connectivity index (χ4v) is 2.37. The van der Waals surface area contributed by atoms with E-state index in [1.165, 1.54) is 0 Å². The second kappa shape index (κ2) is 5.52. The van der Waals surface area contributed by atoms with Gasteiger partial charge in [-0.15, -0.1) is 0 Å². The van der Waals surface area contributed by atoms with Crippen molar-refractivity contribution in [3.8, 4) is 0 Å². The summed E-state index contributed by atoms with van der Waals surface area (Å²) in [5, 5.41) is 7.19. The maximum absolute atomic E-state index is 12.3. The third-order valence-electron chi connectivity index (χ3n) is 3.56. The standard InChI is InChI=1S/C13H21N3O2/c1-9-11(10(2)18-15-9)8-16(3)13(17)12-6-4-5-7-14-12/h12,14H,4-8H2,1-3H3. The summed E-state index contributed by atoms with van der Waals surface area (Å²) >= 11 is 0. The summed E-state index contributed by atoms with van der Waals surface area (Å²) in [4.78, 5) is 14.0. The van der Waals surface area contributed by atoms with E-state index in [1.807, 2.05) is 20.9 Å².